The molecular weight excluding hydrogens is 496 g/mol. The number of aryl methyl sites for hydroxylation is 2. The number of carbonyl (C=O) groups excluding carboxylic acids is 1. The second kappa shape index (κ2) is 9.74. The van der Waals surface area contributed by atoms with Gasteiger partial charge in [0.15, 0.2) is 5.60 Å². The van der Waals surface area contributed by atoms with Crippen LogP contribution in [0.2, 0.25) is 0 Å². The minimum atomic E-state index is -1.12. The molecule has 5 heteroatoms. The van der Waals surface area contributed by atoms with Gasteiger partial charge < -0.3 is 20.1 Å². The fourth-order valence-corrected chi connectivity index (χ4v) is 6.60. The van der Waals surface area contributed by atoms with Gasteiger partial charge in [-0.15, -0.1) is 0 Å². The number of ether oxygens (including phenoxy) is 2. The predicted molar refractivity (Wildman–Crippen MR) is 159 cm³/mol. The van der Waals surface area contributed by atoms with Crippen LogP contribution in [0.5, 0.6) is 11.5 Å². The number of hydrogen-bond acceptors (Lipinski definition) is 5. The highest BCUT2D eigenvalue weighted by Gasteiger charge is 2.54. The standard InChI is InChI=1S/C35H34N2O3/c1-22-15-17-25(18-16-22)37-30-20-28-32(19-23(30)2)39-31-14-8-13-29(36-21-24-9-4-3-5-10-24)33(31)35(28)27-12-7-6-11-26(27)34(38)40-35/h6-8,11-20,24,36-37H,3-5,9-10,21H2,1-2H3. The van der Waals surface area contributed by atoms with Crippen LogP contribution in [-0.2, 0) is 10.3 Å². The first-order chi connectivity index (χ1) is 19.5. The summed E-state index contributed by atoms with van der Waals surface area (Å²) in [5, 5.41) is 7.34. The Kier molecular flexibility index (Phi) is 6.03. The molecule has 1 unspecified atom stereocenters. The molecule has 0 amide bonds. The molecule has 202 valence electrons. The van der Waals surface area contributed by atoms with Crippen LogP contribution in [0.15, 0.2) is 78.9 Å². The minimum Gasteiger partial charge on any atom is -0.456 e. The van der Waals surface area contributed by atoms with Crippen LogP contribution in [0.4, 0.5) is 17.1 Å². The second-order valence-corrected chi connectivity index (χ2v) is 11.4. The number of rotatable bonds is 5. The van der Waals surface area contributed by atoms with E-state index in [4.69, 9.17) is 9.47 Å². The largest absolute Gasteiger partial charge is 0.456 e. The van der Waals surface area contributed by atoms with Crippen molar-refractivity contribution in [2.24, 2.45) is 5.92 Å². The lowest BCUT2D eigenvalue weighted by Crippen LogP contribution is -2.34. The van der Waals surface area contributed by atoms with Gasteiger partial charge in [-0.25, -0.2) is 4.79 Å². The molecule has 0 bridgehead atoms. The lowest BCUT2D eigenvalue weighted by atomic mass is 9.76. The third-order valence-corrected chi connectivity index (χ3v) is 8.71. The van der Waals surface area contributed by atoms with Crippen molar-refractivity contribution >= 4 is 23.0 Å². The van der Waals surface area contributed by atoms with Crippen LogP contribution in [0.3, 0.4) is 0 Å². The molecule has 0 aromatic heterocycles. The van der Waals surface area contributed by atoms with Crippen LogP contribution < -0.4 is 15.4 Å². The monoisotopic (exact) mass is 530 g/mol. The van der Waals surface area contributed by atoms with Gasteiger partial charge in [0, 0.05) is 34.7 Å². The molecule has 0 radical (unpaired) electrons. The number of benzene rings is 4. The Labute approximate surface area is 235 Å². The highest BCUT2D eigenvalue weighted by molar-refractivity contribution is 5.97. The molecule has 1 aliphatic carbocycles. The Bertz CT molecular complexity index is 1600. The molecule has 7 rings (SSSR count). The van der Waals surface area contributed by atoms with E-state index in [1.807, 2.05) is 42.5 Å². The number of esters is 1. The molecule has 1 fully saturated rings. The maximum Gasteiger partial charge on any atom is 0.340 e. The van der Waals surface area contributed by atoms with E-state index in [-0.39, 0.29) is 5.97 Å². The summed E-state index contributed by atoms with van der Waals surface area (Å²) >= 11 is 0. The fourth-order valence-electron chi connectivity index (χ4n) is 6.60. The van der Waals surface area contributed by atoms with Crippen molar-refractivity contribution in [2.75, 3.05) is 17.2 Å². The highest BCUT2D eigenvalue weighted by atomic mass is 16.6. The summed E-state index contributed by atoms with van der Waals surface area (Å²) in [6, 6.07) is 26.3. The Hall–Kier alpha value is -4.25. The minimum absolute atomic E-state index is 0.315. The van der Waals surface area contributed by atoms with Gasteiger partial charge in [-0.2, -0.15) is 0 Å². The maximum absolute atomic E-state index is 13.5. The molecule has 2 aliphatic heterocycles. The molecule has 40 heavy (non-hydrogen) atoms. The zero-order valence-electron chi connectivity index (χ0n) is 23.1. The molecule has 1 spiro atoms. The third kappa shape index (κ3) is 4.03. The van der Waals surface area contributed by atoms with Gasteiger partial charge in [0.25, 0.3) is 0 Å². The van der Waals surface area contributed by atoms with E-state index in [9.17, 15) is 4.79 Å². The predicted octanol–water partition coefficient (Wildman–Crippen LogP) is 8.61. The Balaban J connectivity index is 1.39. The van der Waals surface area contributed by atoms with Crippen LogP contribution in [-0.4, -0.2) is 12.5 Å². The summed E-state index contributed by atoms with van der Waals surface area (Å²) in [5.74, 6) is 1.74. The van der Waals surface area contributed by atoms with Gasteiger partial charge in [-0.05, 0) is 80.6 Å². The normalized spacial score (nSPS) is 19.3. The molecule has 4 aromatic rings. The topological polar surface area (TPSA) is 59.6 Å². The molecule has 0 saturated heterocycles. The average molecular weight is 531 g/mol. The summed E-state index contributed by atoms with van der Waals surface area (Å²) in [6.07, 6.45) is 6.41. The van der Waals surface area contributed by atoms with Crippen LogP contribution in [0, 0.1) is 19.8 Å². The van der Waals surface area contributed by atoms with Gasteiger partial charge in [-0.1, -0.05) is 61.2 Å². The van der Waals surface area contributed by atoms with Gasteiger partial charge >= 0.3 is 5.97 Å². The van der Waals surface area contributed by atoms with E-state index < -0.39 is 5.60 Å². The number of hydrogen-bond donors (Lipinski definition) is 2. The van der Waals surface area contributed by atoms with Crippen molar-refractivity contribution in [2.45, 2.75) is 51.6 Å². The lowest BCUT2D eigenvalue weighted by Gasteiger charge is -2.38. The fraction of sp³-hybridized carbons (Fsp3) is 0.286. The molecular formula is C35H34N2O3. The van der Waals surface area contributed by atoms with E-state index in [0.29, 0.717) is 23.0 Å². The molecule has 3 aliphatic rings. The van der Waals surface area contributed by atoms with Gasteiger partial charge in [0.05, 0.1) is 11.1 Å². The molecule has 2 N–H and O–H groups in total. The Morgan fingerprint density at radius 3 is 2.45 bits per heavy atom. The zero-order valence-corrected chi connectivity index (χ0v) is 23.1. The summed E-state index contributed by atoms with van der Waals surface area (Å²) in [4.78, 5) is 13.5. The zero-order chi connectivity index (χ0) is 27.3. The van der Waals surface area contributed by atoms with Crippen LogP contribution in [0.1, 0.15) is 70.3 Å². The van der Waals surface area contributed by atoms with Crippen molar-refractivity contribution < 1.29 is 14.3 Å². The van der Waals surface area contributed by atoms with E-state index >= 15 is 0 Å². The Morgan fingerprint density at radius 1 is 0.825 bits per heavy atom. The number of anilines is 3. The molecule has 5 nitrogen and oxygen atoms in total. The Morgan fingerprint density at radius 2 is 1.62 bits per heavy atom. The first kappa shape index (κ1) is 24.8. The summed E-state index contributed by atoms with van der Waals surface area (Å²) in [6.45, 7) is 5.04. The number of fused-ring (bicyclic) bond motifs is 6. The van der Waals surface area contributed by atoms with Gasteiger partial charge in [0.2, 0.25) is 0 Å². The summed E-state index contributed by atoms with van der Waals surface area (Å²) in [7, 11) is 0. The summed E-state index contributed by atoms with van der Waals surface area (Å²) in [5.41, 5.74) is 7.16. The first-order valence-electron chi connectivity index (χ1n) is 14.4. The van der Waals surface area contributed by atoms with Crippen LogP contribution >= 0.6 is 0 Å². The van der Waals surface area contributed by atoms with Crippen molar-refractivity contribution in [3.05, 3.63) is 112 Å². The molecule has 4 aromatic carbocycles. The molecule has 1 saturated carbocycles. The van der Waals surface area contributed by atoms with Crippen molar-refractivity contribution in [3.63, 3.8) is 0 Å². The molecule has 1 atom stereocenters. The van der Waals surface area contributed by atoms with Gasteiger partial charge in [-0.3, -0.25) is 0 Å². The highest BCUT2D eigenvalue weighted by Crippen LogP contribution is 2.58. The van der Waals surface area contributed by atoms with Gasteiger partial charge in [0.1, 0.15) is 11.5 Å². The van der Waals surface area contributed by atoms with Crippen molar-refractivity contribution in [1.82, 2.24) is 0 Å². The van der Waals surface area contributed by atoms with Crippen molar-refractivity contribution in [1.29, 1.82) is 0 Å². The number of carbonyl (C=O) groups is 1. The van der Waals surface area contributed by atoms with Crippen molar-refractivity contribution in [3.8, 4) is 11.5 Å². The SMILES string of the molecule is Cc1ccc(Nc2cc3c(cc2C)Oc2cccc(NCC4CCCCC4)c2C32OC(=O)c3ccccc32)cc1. The van der Waals surface area contributed by atoms with Crippen LogP contribution in [0.25, 0.3) is 0 Å². The third-order valence-electron chi connectivity index (χ3n) is 8.71. The van der Waals surface area contributed by atoms with E-state index in [0.717, 1.165) is 45.9 Å². The summed E-state index contributed by atoms with van der Waals surface area (Å²) < 4.78 is 13.1. The smallest absolute Gasteiger partial charge is 0.340 e. The number of nitrogens with one attached hydrogen (secondary N) is 2. The quantitative estimate of drug-likeness (QED) is 0.253. The average Bonchev–Trinajstić information content (AvgIpc) is 3.27. The lowest BCUT2D eigenvalue weighted by molar-refractivity contribution is 0.0227. The van der Waals surface area contributed by atoms with E-state index in [1.165, 1.54) is 37.7 Å². The van der Waals surface area contributed by atoms with E-state index in [1.54, 1.807) is 0 Å². The molecule has 2 heterocycles. The maximum atomic E-state index is 13.5. The van der Waals surface area contributed by atoms with E-state index in [2.05, 4.69) is 60.9 Å². The second-order valence-electron chi connectivity index (χ2n) is 11.4. The first-order valence-corrected chi connectivity index (χ1v) is 14.4.